The Bertz CT molecular complexity index is 939. The van der Waals surface area contributed by atoms with Gasteiger partial charge in [-0.2, -0.15) is 0 Å². The van der Waals surface area contributed by atoms with E-state index in [1.807, 2.05) is 59.5 Å². The zero-order valence-electron chi connectivity index (χ0n) is 15.9. The first-order valence-electron chi connectivity index (χ1n) is 9.52. The number of piperidine rings is 1. The number of carbonyl (C=O) groups is 1. The van der Waals surface area contributed by atoms with Crippen molar-refractivity contribution in [3.63, 3.8) is 0 Å². The molecule has 4 rings (SSSR count). The molecule has 28 heavy (non-hydrogen) atoms. The maximum atomic E-state index is 12.7. The van der Waals surface area contributed by atoms with Crippen LogP contribution < -0.4 is 4.74 Å². The highest BCUT2D eigenvalue weighted by Gasteiger charge is 2.28. The van der Waals surface area contributed by atoms with Gasteiger partial charge in [-0.1, -0.05) is 36.4 Å². The third kappa shape index (κ3) is 4.06. The second kappa shape index (κ2) is 8.25. The Morgan fingerprint density at radius 1 is 1.18 bits per heavy atom. The molecule has 0 saturated carbocycles. The molecular weight excluding hydrogens is 354 g/mol. The number of aromatic nitrogens is 2. The third-order valence-corrected chi connectivity index (χ3v) is 5.08. The number of ether oxygens (including phenoxy) is 1. The van der Waals surface area contributed by atoms with Crippen LogP contribution in [0.15, 0.2) is 59.0 Å². The Morgan fingerprint density at radius 3 is 2.86 bits per heavy atom. The summed E-state index contributed by atoms with van der Waals surface area (Å²) in [6.07, 6.45) is 2.30. The van der Waals surface area contributed by atoms with Crippen molar-refractivity contribution in [1.29, 1.82) is 0 Å². The number of nitrogens with zero attached hydrogens (tertiary/aromatic N) is 3. The summed E-state index contributed by atoms with van der Waals surface area (Å²) < 4.78 is 11.2. The summed E-state index contributed by atoms with van der Waals surface area (Å²) in [4.78, 5) is 14.6. The van der Waals surface area contributed by atoms with Crippen LogP contribution in [0.4, 0.5) is 0 Å². The standard InChI is InChI=1S/C22H23N3O3/c1-27-19-11-5-9-17(14-19)21-23-24-22(28-21)18-10-6-12-25(15-18)20(26)13-16-7-3-2-4-8-16/h2-5,7-9,11,14,18H,6,10,12-13,15H2,1H3. The number of hydrogen-bond donors (Lipinski definition) is 0. The molecule has 1 aliphatic heterocycles. The van der Waals surface area contributed by atoms with Crippen LogP contribution >= 0.6 is 0 Å². The van der Waals surface area contributed by atoms with E-state index in [0.717, 1.165) is 36.3 Å². The van der Waals surface area contributed by atoms with E-state index in [9.17, 15) is 4.79 Å². The molecule has 0 spiro atoms. The normalized spacial score (nSPS) is 16.8. The van der Waals surface area contributed by atoms with E-state index in [4.69, 9.17) is 9.15 Å². The topological polar surface area (TPSA) is 68.5 Å². The Morgan fingerprint density at radius 2 is 2.04 bits per heavy atom. The van der Waals surface area contributed by atoms with Gasteiger partial charge >= 0.3 is 0 Å². The van der Waals surface area contributed by atoms with Crippen LogP contribution in [-0.2, 0) is 11.2 Å². The molecule has 6 nitrogen and oxygen atoms in total. The Labute approximate surface area is 164 Å². The quantitative estimate of drug-likeness (QED) is 0.678. The first-order valence-corrected chi connectivity index (χ1v) is 9.52. The van der Waals surface area contributed by atoms with E-state index < -0.39 is 0 Å². The van der Waals surface area contributed by atoms with Gasteiger partial charge in [-0.05, 0) is 36.6 Å². The van der Waals surface area contributed by atoms with Gasteiger partial charge in [-0.25, -0.2) is 0 Å². The molecule has 0 aliphatic carbocycles. The summed E-state index contributed by atoms with van der Waals surface area (Å²) in [6.45, 7) is 1.39. The third-order valence-electron chi connectivity index (χ3n) is 5.08. The highest BCUT2D eigenvalue weighted by Crippen LogP contribution is 2.29. The van der Waals surface area contributed by atoms with Crippen molar-refractivity contribution in [3.8, 4) is 17.2 Å². The SMILES string of the molecule is COc1cccc(-c2nnc(C3CCCN(C(=O)Cc4ccccc4)C3)o2)c1. The van der Waals surface area contributed by atoms with Crippen molar-refractivity contribution in [2.45, 2.75) is 25.2 Å². The van der Waals surface area contributed by atoms with Gasteiger partial charge in [-0.15, -0.1) is 10.2 Å². The lowest BCUT2D eigenvalue weighted by Gasteiger charge is -2.31. The Kier molecular flexibility index (Phi) is 5.37. The number of benzene rings is 2. The fraction of sp³-hybridized carbons (Fsp3) is 0.318. The first-order chi connectivity index (χ1) is 13.7. The average molecular weight is 377 g/mol. The lowest BCUT2D eigenvalue weighted by atomic mass is 9.97. The lowest BCUT2D eigenvalue weighted by Crippen LogP contribution is -2.40. The second-order valence-electron chi connectivity index (χ2n) is 7.02. The molecule has 2 aromatic carbocycles. The van der Waals surface area contributed by atoms with Crippen LogP contribution in [0.5, 0.6) is 5.75 Å². The minimum atomic E-state index is 0.0698. The van der Waals surface area contributed by atoms with Crippen LogP contribution in [-0.4, -0.2) is 41.2 Å². The van der Waals surface area contributed by atoms with E-state index in [1.54, 1.807) is 7.11 Å². The van der Waals surface area contributed by atoms with E-state index in [0.29, 0.717) is 24.7 Å². The van der Waals surface area contributed by atoms with Gasteiger partial charge in [0.15, 0.2) is 0 Å². The van der Waals surface area contributed by atoms with Gasteiger partial charge in [0.2, 0.25) is 17.7 Å². The van der Waals surface area contributed by atoms with Gasteiger partial charge in [0.1, 0.15) is 5.75 Å². The van der Waals surface area contributed by atoms with Crippen LogP contribution in [0.2, 0.25) is 0 Å². The molecule has 1 aromatic heterocycles. The van der Waals surface area contributed by atoms with Gasteiger partial charge in [-0.3, -0.25) is 4.79 Å². The van der Waals surface area contributed by atoms with Gasteiger partial charge in [0.25, 0.3) is 0 Å². The molecule has 1 unspecified atom stereocenters. The number of carbonyl (C=O) groups excluding carboxylic acids is 1. The predicted molar refractivity (Wildman–Crippen MR) is 105 cm³/mol. The highest BCUT2D eigenvalue weighted by molar-refractivity contribution is 5.79. The number of rotatable bonds is 5. The number of amides is 1. The molecule has 2 heterocycles. The Balaban J connectivity index is 1.45. The minimum absolute atomic E-state index is 0.0698. The summed E-state index contributed by atoms with van der Waals surface area (Å²) in [5.74, 6) is 2.02. The maximum absolute atomic E-state index is 12.7. The summed E-state index contributed by atoms with van der Waals surface area (Å²) in [5.41, 5.74) is 1.86. The van der Waals surface area contributed by atoms with Crippen LogP contribution in [0.3, 0.4) is 0 Å². The maximum Gasteiger partial charge on any atom is 0.247 e. The van der Waals surface area contributed by atoms with Crippen molar-refractivity contribution < 1.29 is 13.9 Å². The average Bonchev–Trinajstić information content (AvgIpc) is 3.25. The molecule has 0 N–H and O–H groups in total. The van der Waals surface area contributed by atoms with Crippen molar-refractivity contribution in [2.75, 3.05) is 20.2 Å². The predicted octanol–water partition coefficient (Wildman–Crippen LogP) is 3.69. The zero-order valence-corrected chi connectivity index (χ0v) is 15.9. The molecule has 1 saturated heterocycles. The monoisotopic (exact) mass is 377 g/mol. The summed E-state index contributed by atoms with van der Waals surface area (Å²) in [7, 11) is 1.63. The summed E-state index contributed by atoms with van der Waals surface area (Å²) >= 11 is 0. The van der Waals surface area contributed by atoms with Crippen molar-refractivity contribution in [1.82, 2.24) is 15.1 Å². The fourth-order valence-corrected chi connectivity index (χ4v) is 3.56. The number of hydrogen-bond acceptors (Lipinski definition) is 5. The smallest absolute Gasteiger partial charge is 0.247 e. The molecular formula is C22H23N3O3. The molecule has 0 radical (unpaired) electrons. The van der Waals surface area contributed by atoms with Crippen LogP contribution in [0.25, 0.3) is 11.5 Å². The lowest BCUT2D eigenvalue weighted by molar-refractivity contribution is -0.131. The molecule has 3 aromatic rings. The molecule has 1 amide bonds. The van der Waals surface area contributed by atoms with E-state index in [2.05, 4.69) is 10.2 Å². The molecule has 6 heteroatoms. The molecule has 0 bridgehead atoms. The fourth-order valence-electron chi connectivity index (χ4n) is 3.56. The number of likely N-dealkylation sites (tertiary alicyclic amines) is 1. The van der Waals surface area contributed by atoms with Crippen LogP contribution in [0.1, 0.15) is 30.2 Å². The molecule has 1 atom stereocenters. The van der Waals surface area contributed by atoms with E-state index in [1.165, 1.54) is 0 Å². The zero-order chi connectivity index (χ0) is 19.3. The largest absolute Gasteiger partial charge is 0.497 e. The molecule has 1 aliphatic rings. The summed E-state index contributed by atoms with van der Waals surface area (Å²) in [6, 6.07) is 17.4. The Hall–Kier alpha value is -3.15. The van der Waals surface area contributed by atoms with E-state index >= 15 is 0 Å². The second-order valence-corrected chi connectivity index (χ2v) is 7.02. The minimum Gasteiger partial charge on any atom is -0.497 e. The van der Waals surface area contributed by atoms with Crippen molar-refractivity contribution >= 4 is 5.91 Å². The summed E-state index contributed by atoms with van der Waals surface area (Å²) in [5, 5.41) is 8.45. The van der Waals surface area contributed by atoms with Gasteiger partial charge in [0, 0.05) is 18.7 Å². The van der Waals surface area contributed by atoms with Crippen molar-refractivity contribution in [3.05, 3.63) is 66.1 Å². The van der Waals surface area contributed by atoms with Gasteiger partial charge in [0.05, 0.1) is 19.4 Å². The van der Waals surface area contributed by atoms with Crippen LogP contribution in [0, 0.1) is 0 Å². The molecule has 144 valence electrons. The van der Waals surface area contributed by atoms with Crippen molar-refractivity contribution in [2.24, 2.45) is 0 Å². The molecule has 1 fully saturated rings. The highest BCUT2D eigenvalue weighted by atomic mass is 16.5. The first kappa shape index (κ1) is 18.2. The number of methoxy groups -OCH3 is 1. The van der Waals surface area contributed by atoms with E-state index in [-0.39, 0.29) is 11.8 Å². The van der Waals surface area contributed by atoms with Gasteiger partial charge < -0.3 is 14.1 Å².